The lowest BCUT2D eigenvalue weighted by molar-refractivity contribution is -0.122. The summed E-state index contributed by atoms with van der Waals surface area (Å²) in [4.78, 5) is 14.0. The first-order valence-electron chi connectivity index (χ1n) is 7.55. The molecule has 1 saturated heterocycles. The van der Waals surface area contributed by atoms with E-state index in [4.69, 9.17) is 4.74 Å². The number of carbonyl (C=O) groups excluding carboxylic acids is 1. The largest absolute Gasteiger partial charge is 0.492 e. The van der Waals surface area contributed by atoms with Gasteiger partial charge in [-0.2, -0.15) is 0 Å². The molecule has 21 heavy (non-hydrogen) atoms. The molecule has 1 fully saturated rings. The summed E-state index contributed by atoms with van der Waals surface area (Å²) in [7, 11) is 0. The third-order valence-electron chi connectivity index (χ3n) is 3.66. The van der Waals surface area contributed by atoms with Crippen LogP contribution in [0.4, 0.5) is 0 Å². The van der Waals surface area contributed by atoms with Crippen molar-refractivity contribution >= 4 is 5.91 Å². The van der Waals surface area contributed by atoms with Crippen LogP contribution in [0.5, 0.6) is 5.75 Å². The molecule has 0 radical (unpaired) electrons. The second-order valence-corrected chi connectivity index (χ2v) is 5.44. The summed E-state index contributed by atoms with van der Waals surface area (Å²) >= 11 is 0. The van der Waals surface area contributed by atoms with Gasteiger partial charge >= 0.3 is 0 Å². The summed E-state index contributed by atoms with van der Waals surface area (Å²) in [5, 5.41) is 12.0. The molecule has 2 N–H and O–H groups in total. The van der Waals surface area contributed by atoms with Gasteiger partial charge in [-0.1, -0.05) is 18.2 Å². The summed E-state index contributed by atoms with van der Waals surface area (Å²) in [6, 6.07) is 9.56. The fraction of sp³-hybridized carbons (Fsp3) is 0.562. The molecule has 5 nitrogen and oxygen atoms in total. The average molecular weight is 292 g/mol. The number of carbonyl (C=O) groups is 1. The molecular weight excluding hydrogens is 268 g/mol. The van der Waals surface area contributed by atoms with Crippen LogP contribution in [0.15, 0.2) is 30.3 Å². The minimum atomic E-state index is 0.0188. The van der Waals surface area contributed by atoms with Crippen molar-refractivity contribution in [2.45, 2.75) is 12.8 Å². The minimum absolute atomic E-state index is 0.0188. The molecule has 1 heterocycles. The van der Waals surface area contributed by atoms with Gasteiger partial charge in [-0.3, -0.25) is 9.69 Å². The third kappa shape index (κ3) is 5.73. The fourth-order valence-electron chi connectivity index (χ4n) is 2.58. The van der Waals surface area contributed by atoms with Crippen molar-refractivity contribution in [3.8, 4) is 5.75 Å². The topological polar surface area (TPSA) is 61.8 Å². The molecule has 0 aliphatic carbocycles. The number of likely N-dealkylation sites (tertiary alicyclic amines) is 1. The van der Waals surface area contributed by atoms with E-state index in [9.17, 15) is 9.90 Å². The van der Waals surface area contributed by atoms with Crippen LogP contribution in [-0.4, -0.2) is 55.3 Å². The number of ether oxygens (including phenoxy) is 1. The molecule has 0 saturated carbocycles. The number of nitrogens with zero attached hydrogens (tertiary/aromatic N) is 1. The Balaban J connectivity index is 1.59. The smallest absolute Gasteiger partial charge is 0.234 e. The van der Waals surface area contributed by atoms with Crippen molar-refractivity contribution in [1.29, 1.82) is 0 Å². The number of aliphatic hydroxyl groups is 1. The summed E-state index contributed by atoms with van der Waals surface area (Å²) in [6.07, 6.45) is 2.11. The van der Waals surface area contributed by atoms with Gasteiger partial charge in [0.15, 0.2) is 0 Å². The SMILES string of the molecule is O=C(CN1CCCC(CO)C1)NCCOc1ccccc1. The van der Waals surface area contributed by atoms with E-state index in [0.29, 0.717) is 25.6 Å². The number of amides is 1. The lowest BCUT2D eigenvalue weighted by Gasteiger charge is -2.31. The Labute approximate surface area is 125 Å². The van der Waals surface area contributed by atoms with Gasteiger partial charge in [-0.25, -0.2) is 0 Å². The fourth-order valence-corrected chi connectivity index (χ4v) is 2.58. The molecule has 1 aromatic carbocycles. The zero-order valence-corrected chi connectivity index (χ0v) is 12.3. The van der Waals surface area contributed by atoms with Crippen LogP contribution in [0, 0.1) is 5.92 Å². The highest BCUT2D eigenvalue weighted by Crippen LogP contribution is 2.15. The summed E-state index contributed by atoms with van der Waals surface area (Å²) in [6.45, 7) is 3.33. The Kier molecular flexibility index (Phi) is 6.50. The first-order valence-corrected chi connectivity index (χ1v) is 7.55. The van der Waals surface area contributed by atoms with E-state index in [1.807, 2.05) is 30.3 Å². The number of aliphatic hydroxyl groups excluding tert-OH is 1. The van der Waals surface area contributed by atoms with E-state index >= 15 is 0 Å². The van der Waals surface area contributed by atoms with E-state index in [1.165, 1.54) is 0 Å². The van der Waals surface area contributed by atoms with Crippen molar-refractivity contribution in [3.05, 3.63) is 30.3 Å². The number of hydrogen-bond acceptors (Lipinski definition) is 4. The highest BCUT2D eigenvalue weighted by molar-refractivity contribution is 5.78. The Morgan fingerprint density at radius 3 is 2.95 bits per heavy atom. The van der Waals surface area contributed by atoms with Gasteiger partial charge in [0.25, 0.3) is 0 Å². The molecule has 0 spiro atoms. The van der Waals surface area contributed by atoms with Crippen LogP contribution in [0.1, 0.15) is 12.8 Å². The molecule has 1 aromatic rings. The van der Waals surface area contributed by atoms with Crippen LogP contribution in [-0.2, 0) is 4.79 Å². The summed E-state index contributed by atoms with van der Waals surface area (Å²) in [5.41, 5.74) is 0. The van der Waals surface area contributed by atoms with Crippen molar-refractivity contribution < 1.29 is 14.6 Å². The predicted molar refractivity (Wildman–Crippen MR) is 81.2 cm³/mol. The number of piperidine rings is 1. The second-order valence-electron chi connectivity index (χ2n) is 5.44. The van der Waals surface area contributed by atoms with Crippen molar-refractivity contribution in [3.63, 3.8) is 0 Å². The molecule has 1 aliphatic rings. The van der Waals surface area contributed by atoms with Gasteiger partial charge in [0, 0.05) is 13.2 Å². The molecule has 1 unspecified atom stereocenters. The van der Waals surface area contributed by atoms with Crippen molar-refractivity contribution in [1.82, 2.24) is 10.2 Å². The normalized spacial score (nSPS) is 19.2. The molecule has 1 atom stereocenters. The van der Waals surface area contributed by atoms with E-state index in [1.54, 1.807) is 0 Å². The highest BCUT2D eigenvalue weighted by atomic mass is 16.5. The van der Waals surface area contributed by atoms with Crippen molar-refractivity contribution in [2.75, 3.05) is 39.4 Å². The maximum absolute atomic E-state index is 11.8. The Morgan fingerprint density at radius 2 is 2.19 bits per heavy atom. The zero-order chi connectivity index (χ0) is 14.9. The molecule has 0 aromatic heterocycles. The maximum Gasteiger partial charge on any atom is 0.234 e. The van der Waals surface area contributed by atoms with E-state index in [0.717, 1.165) is 31.7 Å². The van der Waals surface area contributed by atoms with Gasteiger partial charge in [-0.05, 0) is 37.4 Å². The molecular formula is C16H24N2O3. The van der Waals surface area contributed by atoms with Crippen molar-refractivity contribution in [2.24, 2.45) is 5.92 Å². The number of benzene rings is 1. The van der Waals surface area contributed by atoms with Gasteiger partial charge in [-0.15, -0.1) is 0 Å². The lowest BCUT2D eigenvalue weighted by atomic mass is 9.99. The van der Waals surface area contributed by atoms with Crippen LogP contribution in [0.25, 0.3) is 0 Å². The summed E-state index contributed by atoms with van der Waals surface area (Å²) < 4.78 is 5.52. The van der Waals surface area contributed by atoms with Crippen LogP contribution >= 0.6 is 0 Å². The third-order valence-corrected chi connectivity index (χ3v) is 3.66. The highest BCUT2D eigenvalue weighted by Gasteiger charge is 2.20. The van der Waals surface area contributed by atoms with E-state index in [2.05, 4.69) is 10.2 Å². The number of nitrogens with one attached hydrogen (secondary N) is 1. The minimum Gasteiger partial charge on any atom is -0.492 e. The first-order chi connectivity index (χ1) is 10.3. The number of rotatable bonds is 7. The lowest BCUT2D eigenvalue weighted by Crippen LogP contribution is -2.43. The van der Waals surface area contributed by atoms with Crippen LogP contribution < -0.4 is 10.1 Å². The van der Waals surface area contributed by atoms with Gasteiger partial charge in [0.1, 0.15) is 12.4 Å². The molecule has 2 rings (SSSR count). The van der Waals surface area contributed by atoms with E-state index < -0.39 is 0 Å². The Bertz CT molecular complexity index is 425. The second kappa shape index (κ2) is 8.64. The molecule has 1 aliphatic heterocycles. The predicted octanol–water partition coefficient (Wildman–Crippen LogP) is 0.886. The van der Waals surface area contributed by atoms with Gasteiger partial charge in [0.2, 0.25) is 5.91 Å². The Hall–Kier alpha value is -1.59. The zero-order valence-electron chi connectivity index (χ0n) is 12.3. The van der Waals surface area contributed by atoms with Crippen LogP contribution in [0.2, 0.25) is 0 Å². The standard InChI is InChI=1S/C16H24N2O3/c19-13-14-5-4-9-18(11-14)12-16(20)17-8-10-21-15-6-2-1-3-7-15/h1-3,6-7,14,19H,4-5,8-13H2,(H,17,20). The maximum atomic E-state index is 11.8. The van der Waals surface area contributed by atoms with Crippen LogP contribution in [0.3, 0.4) is 0 Å². The van der Waals surface area contributed by atoms with Gasteiger partial charge < -0.3 is 15.2 Å². The molecule has 116 valence electrons. The monoisotopic (exact) mass is 292 g/mol. The number of hydrogen-bond donors (Lipinski definition) is 2. The van der Waals surface area contributed by atoms with Gasteiger partial charge in [0.05, 0.1) is 13.1 Å². The molecule has 5 heteroatoms. The molecule has 1 amide bonds. The molecule has 0 bridgehead atoms. The first kappa shape index (κ1) is 15.8. The van der Waals surface area contributed by atoms with E-state index in [-0.39, 0.29) is 12.5 Å². The Morgan fingerprint density at radius 1 is 1.38 bits per heavy atom. The summed E-state index contributed by atoms with van der Waals surface area (Å²) in [5.74, 6) is 1.15. The number of para-hydroxylation sites is 1. The average Bonchev–Trinajstić information content (AvgIpc) is 2.53. The quantitative estimate of drug-likeness (QED) is 0.733.